The Hall–Kier alpha value is 0.646. The molecule has 4 heteroatoms. The van der Waals surface area contributed by atoms with Crippen LogP contribution >= 0.6 is 0 Å². The third kappa shape index (κ3) is 18.0. The number of methoxy groups -OCH3 is 2. The first-order chi connectivity index (χ1) is 4.41. The van der Waals surface area contributed by atoms with Crippen molar-refractivity contribution in [3.05, 3.63) is 12.7 Å². The molecule has 0 bridgehead atoms. The zero-order valence-corrected chi connectivity index (χ0v) is 9.21. The molecule has 0 rings (SSSR count). The molecule has 0 atom stereocenters. The fraction of sp³-hybridized carbons (Fsp3) is 0.857. The molecule has 0 spiro atoms. The smallest absolute Gasteiger partial charge is 0.659 e. The molecule has 0 aliphatic rings. The van der Waals surface area contributed by atoms with Gasteiger partial charge in [-0.1, -0.05) is 0 Å². The molecule has 0 aliphatic heterocycles. The number of rotatable bonds is 6. The molecule has 0 radical (unpaired) electrons. The summed E-state index contributed by atoms with van der Waals surface area (Å²) in [6, 6.07) is 0. The Labute approximate surface area is 86.0 Å². The maximum absolute atomic E-state index is 4.79. The monoisotopic (exact) mass is 171 g/mol. The minimum absolute atomic E-state index is 0. The quantitative estimate of drug-likeness (QED) is 0.335. The first-order valence-electron chi connectivity index (χ1n) is 3.03. The second kappa shape index (κ2) is 16.9. The summed E-state index contributed by atoms with van der Waals surface area (Å²) in [4.78, 5) is 0. The van der Waals surface area contributed by atoms with E-state index in [1.807, 2.05) is 0 Å². The standard InChI is InChI=1S/C6H14NO2.CH3.Mg/c1-8-5-3-7-4-6-9-2;;/h3-6H2,1-2H3;1H3;/q2*-1;+2. The molecule has 0 fully saturated rings. The predicted molar refractivity (Wildman–Crippen MR) is 49.0 cm³/mol. The normalized spacial score (nSPS) is 8.18. The van der Waals surface area contributed by atoms with Crippen LogP contribution in [0.4, 0.5) is 0 Å². The van der Waals surface area contributed by atoms with Crippen molar-refractivity contribution in [1.82, 2.24) is 0 Å². The Kier molecular flexibility index (Phi) is 27.2. The minimum atomic E-state index is 0. The number of hydrogen-bond acceptors (Lipinski definition) is 2. The van der Waals surface area contributed by atoms with E-state index in [0.29, 0.717) is 13.2 Å². The van der Waals surface area contributed by atoms with Gasteiger partial charge in [-0.25, -0.2) is 0 Å². The minimum Gasteiger partial charge on any atom is -0.659 e. The molecule has 0 aromatic carbocycles. The molecule has 3 nitrogen and oxygen atoms in total. The van der Waals surface area contributed by atoms with Crippen LogP contribution < -0.4 is 0 Å². The van der Waals surface area contributed by atoms with Gasteiger partial charge in [0.15, 0.2) is 0 Å². The summed E-state index contributed by atoms with van der Waals surface area (Å²) in [5.74, 6) is 0. The van der Waals surface area contributed by atoms with E-state index in [1.54, 1.807) is 14.2 Å². The van der Waals surface area contributed by atoms with Crippen molar-refractivity contribution in [2.75, 3.05) is 40.5 Å². The molecule has 0 aliphatic carbocycles. The van der Waals surface area contributed by atoms with E-state index in [0.717, 1.165) is 13.1 Å². The number of nitrogens with zero attached hydrogens (tertiary/aromatic N) is 1. The van der Waals surface area contributed by atoms with Gasteiger partial charge in [-0.2, -0.15) is 0 Å². The van der Waals surface area contributed by atoms with Crippen LogP contribution in [0.25, 0.3) is 5.32 Å². The van der Waals surface area contributed by atoms with Crippen LogP contribution in [-0.2, 0) is 9.47 Å². The molecule has 0 heterocycles. The topological polar surface area (TPSA) is 32.6 Å². The van der Waals surface area contributed by atoms with Crippen LogP contribution in [0.15, 0.2) is 0 Å². The van der Waals surface area contributed by atoms with Crippen LogP contribution in [-0.4, -0.2) is 63.6 Å². The Morgan fingerprint density at radius 1 is 1.00 bits per heavy atom. The van der Waals surface area contributed by atoms with E-state index >= 15 is 0 Å². The molecule has 64 valence electrons. The molecule has 0 aromatic heterocycles. The fourth-order valence-corrected chi connectivity index (χ4v) is 0.423. The Morgan fingerprint density at radius 3 is 1.64 bits per heavy atom. The zero-order valence-electron chi connectivity index (χ0n) is 7.80. The van der Waals surface area contributed by atoms with E-state index in [-0.39, 0.29) is 30.5 Å². The van der Waals surface area contributed by atoms with Crippen molar-refractivity contribution in [3.63, 3.8) is 0 Å². The average Bonchev–Trinajstić information content (AvgIpc) is 1.89. The SMILES string of the molecule is COCC[N-]CCOC.[CH3-].[Mg+2]. The van der Waals surface area contributed by atoms with E-state index in [2.05, 4.69) is 5.32 Å². The third-order valence-corrected chi connectivity index (χ3v) is 0.907. The van der Waals surface area contributed by atoms with Crippen molar-refractivity contribution in [2.45, 2.75) is 0 Å². The van der Waals surface area contributed by atoms with E-state index < -0.39 is 0 Å². The van der Waals surface area contributed by atoms with Crippen molar-refractivity contribution in [2.24, 2.45) is 0 Å². The molecular weight excluding hydrogens is 154 g/mol. The molecule has 0 amide bonds. The summed E-state index contributed by atoms with van der Waals surface area (Å²) in [5, 5.41) is 4.10. The molecule has 0 aromatic rings. The molecular formula is C7H17MgNO2. The van der Waals surface area contributed by atoms with Gasteiger partial charge in [-0.15, -0.1) is 13.1 Å². The van der Waals surface area contributed by atoms with Gasteiger partial charge >= 0.3 is 23.1 Å². The summed E-state index contributed by atoms with van der Waals surface area (Å²) in [6.45, 7) is 2.98. The fourth-order valence-electron chi connectivity index (χ4n) is 0.423. The zero-order chi connectivity index (χ0) is 6.95. The van der Waals surface area contributed by atoms with Crippen molar-refractivity contribution >= 4 is 23.1 Å². The maximum atomic E-state index is 4.79. The molecule has 0 saturated carbocycles. The Balaban J connectivity index is -0.000000320. The van der Waals surface area contributed by atoms with Gasteiger partial charge in [0.05, 0.1) is 0 Å². The number of ether oxygens (including phenoxy) is 2. The summed E-state index contributed by atoms with van der Waals surface area (Å²) in [6.07, 6.45) is 0. The van der Waals surface area contributed by atoms with Gasteiger partial charge in [-0.05, 0) is 0 Å². The van der Waals surface area contributed by atoms with Crippen LogP contribution in [0.3, 0.4) is 0 Å². The second-order valence-electron chi connectivity index (χ2n) is 1.66. The molecule has 0 N–H and O–H groups in total. The summed E-state index contributed by atoms with van der Waals surface area (Å²) >= 11 is 0. The number of hydrogen-bond donors (Lipinski definition) is 0. The van der Waals surface area contributed by atoms with Crippen molar-refractivity contribution in [3.8, 4) is 0 Å². The van der Waals surface area contributed by atoms with Crippen LogP contribution in [0.1, 0.15) is 0 Å². The second-order valence-corrected chi connectivity index (χ2v) is 1.66. The Bertz CT molecular complexity index is 49.7. The van der Waals surface area contributed by atoms with Gasteiger partial charge in [-0.3, -0.25) is 0 Å². The maximum Gasteiger partial charge on any atom is 2.00 e. The van der Waals surface area contributed by atoms with Crippen LogP contribution in [0, 0.1) is 7.43 Å². The molecule has 11 heavy (non-hydrogen) atoms. The van der Waals surface area contributed by atoms with Gasteiger partial charge in [0.25, 0.3) is 0 Å². The third-order valence-electron chi connectivity index (χ3n) is 0.907. The van der Waals surface area contributed by atoms with E-state index in [4.69, 9.17) is 9.47 Å². The van der Waals surface area contributed by atoms with E-state index in [1.165, 1.54) is 0 Å². The first-order valence-corrected chi connectivity index (χ1v) is 3.03. The largest absolute Gasteiger partial charge is 2.00 e. The predicted octanol–water partition coefficient (Wildman–Crippen LogP) is 0.722. The van der Waals surface area contributed by atoms with Gasteiger partial charge < -0.3 is 22.2 Å². The summed E-state index contributed by atoms with van der Waals surface area (Å²) < 4.78 is 9.57. The summed E-state index contributed by atoms with van der Waals surface area (Å²) in [7, 11) is 3.34. The van der Waals surface area contributed by atoms with Gasteiger partial charge in [0.2, 0.25) is 0 Å². The molecule has 0 unspecified atom stereocenters. The van der Waals surface area contributed by atoms with Crippen molar-refractivity contribution in [1.29, 1.82) is 0 Å². The first kappa shape index (κ1) is 17.7. The van der Waals surface area contributed by atoms with Gasteiger partial charge in [0, 0.05) is 27.4 Å². The average molecular weight is 172 g/mol. The van der Waals surface area contributed by atoms with Crippen LogP contribution in [0.5, 0.6) is 0 Å². The van der Waals surface area contributed by atoms with Crippen LogP contribution in [0.2, 0.25) is 0 Å². The summed E-state index contributed by atoms with van der Waals surface area (Å²) in [5.41, 5.74) is 0. The van der Waals surface area contributed by atoms with Crippen molar-refractivity contribution < 1.29 is 9.47 Å². The molecule has 0 saturated heterocycles. The van der Waals surface area contributed by atoms with E-state index in [9.17, 15) is 0 Å². The Morgan fingerprint density at radius 2 is 1.36 bits per heavy atom. The van der Waals surface area contributed by atoms with Gasteiger partial charge in [0.1, 0.15) is 0 Å².